The average Bonchev–Trinajstić information content (AvgIpc) is 3.56. The first-order valence-corrected chi connectivity index (χ1v) is 17.4. The predicted octanol–water partition coefficient (Wildman–Crippen LogP) is 9.12. The molecule has 2 unspecified atom stereocenters. The third-order valence-electron chi connectivity index (χ3n) is 9.41. The molecule has 0 amide bonds. The molecule has 0 aliphatic carbocycles. The number of carbonyl (C=O) groups excluding carboxylic acids is 1. The van der Waals surface area contributed by atoms with Crippen LogP contribution in [0, 0.1) is 41.5 Å². The van der Waals surface area contributed by atoms with Crippen molar-refractivity contribution in [1.29, 1.82) is 0 Å². The van der Waals surface area contributed by atoms with Crippen LogP contribution in [0.3, 0.4) is 0 Å². The number of carbonyl (C=O) groups is 2. The summed E-state index contributed by atoms with van der Waals surface area (Å²) in [4.78, 5) is 28.5. The quantitative estimate of drug-likeness (QED) is 0.198. The van der Waals surface area contributed by atoms with E-state index in [2.05, 4.69) is 103 Å². The van der Waals surface area contributed by atoms with E-state index in [4.69, 9.17) is 4.74 Å². The van der Waals surface area contributed by atoms with Crippen molar-refractivity contribution in [2.75, 3.05) is 7.11 Å². The molecule has 0 fully saturated rings. The van der Waals surface area contributed by atoms with E-state index in [-0.39, 0.29) is 12.0 Å². The second-order valence-corrected chi connectivity index (χ2v) is 14.6. The van der Waals surface area contributed by atoms with E-state index in [9.17, 15) is 14.7 Å². The van der Waals surface area contributed by atoms with Crippen molar-refractivity contribution < 1.29 is 19.4 Å². The van der Waals surface area contributed by atoms with Gasteiger partial charge in [-0.05, 0) is 109 Å². The highest BCUT2D eigenvalue weighted by atomic mass is 79.9. The van der Waals surface area contributed by atoms with Crippen molar-refractivity contribution in [3.63, 3.8) is 0 Å². The number of ether oxygens (including phenoxy) is 1. The van der Waals surface area contributed by atoms with Gasteiger partial charge in [-0.15, -0.1) is 0 Å². The van der Waals surface area contributed by atoms with Crippen LogP contribution in [0.1, 0.15) is 78.8 Å². The maximum Gasteiger partial charge on any atom is 0.327 e. The molecular formula is C39H42Br2N2O4. The summed E-state index contributed by atoms with van der Waals surface area (Å²) in [5.41, 5.74) is 14.2. The molecule has 2 aliphatic heterocycles. The average molecular weight is 763 g/mol. The molecular weight excluding hydrogens is 720 g/mol. The van der Waals surface area contributed by atoms with Crippen molar-refractivity contribution in [3.8, 4) is 0 Å². The molecule has 0 spiro atoms. The van der Waals surface area contributed by atoms with Gasteiger partial charge in [0.25, 0.3) is 0 Å². The fourth-order valence-corrected chi connectivity index (χ4v) is 8.29. The van der Waals surface area contributed by atoms with Crippen LogP contribution in [-0.4, -0.2) is 34.0 Å². The van der Waals surface area contributed by atoms with E-state index >= 15 is 0 Å². The molecule has 246 valence electrons. The summed E-state index contributed by atoms with van der Waals surface area (Å²) in [5.74, 6) is -0.987. The Morgan fingerprint density at radius 2 is 1.09 bits per heavy atom. The number of esters is 1. The third kappa shape index (κ3) is 7.26. The lowest BCUT2D eigenvalue weighted by Gasteiger charge is -2.25. The molecule has 4 aromatic carbocycles. The lowest BCUT2D eigenvalue weighted by molar-refractivity contribution is -0.147. The van der Waals surface area contributed by atoms with Crippen molar-refractivity contribution in [1.82, 2.24) is 9.80 Å². The van der Waals surface area contributed by atoms with Gasteiger partial charge < -0.3 is 9.84 Å². The highest BCUT2D eigenvalue weighted by molar-refractivity contribution is 9.10. The Bertz CT molecular complexity index is 1810. The molecule has 0 saturated carbocycles. The fraction of sp³-hybridized carbons (Fsp3) is 0.333. The lowest BCUT2D eigenvalue weighted by Crippen LogP contribution is -2.29. The molecule has 4 aromatic rings. The largest absolute Gasteiger partial charge is 0.480 e. The molecule has 0 radical (unpaired) electrons. The summed E-state index contributed by atoms with van der Waals surface area (Å²) >= 11 is 7.17. The Morgan fingerprint density at radius 3 is 1.47 bits per heavy atom. The number of halogens is 2. The molecule has 6 rings (SSSR count). The minimum absolute atomic E-state index is 0.200. The van der Waals surface area contributed by atoms with E-state index in [1.807, 2.05) is 41.3 Å². The van der Waals surface area contributed by atoms with Gasteiger partial charge in [0, 0.05) is 35.1 Å². The molecule has 2 aliphatic rings. The van der Waals surface area contributed by atoms with Crippen molar-refractivity contribution in [3.05, 3.63) is 136 Å². The van der Waals surface area contributed by atoms with Crippen LogP contribution in [0.2, 0.25) is 0 Å². The van der Waals surface area contributed by atoms with Crippen LogP contribution < -0.4 is 0 Å². The van der Waals surface area contributed by atoms with Gasteiger partial charge in [-0.3, -0.25) is 14.6 Å². The highest BCUT2D eigenvalue weighted by Crippen LogP contribution is 2.41. The Labute approximate surface area is 295 Å². The number of aryl methyl sites for hydroxylation is 6. The second kappa shape index (κ2) is 14.4. The molecule has 0 saturated heterocycles. The first-order valence-electron chi connectivity index (χ1n) is 15.8. The van der Waals surface area contributed by atoms with Gasteiger partial charge >= 0.3 is 11.9 Å². The van der Waals surface area contributed by atoms with E-state index in [0.29, 0.717) is 13.1 Å². The number of benzene rings is 4. The number of hydrogen-bond donors (Lipinski definition) is 1. The van der Waals surface area contributed by atoms with Gasteiger partial charge in [-0.1, -0.05) is 91.5 Å². The van der Waals surface area contributed by atoms with Crippen LogP contribution in [0.4, 0.5) is 0 Å². The van der Waals surface area contributed by atoms with Crippen LogP contribution in [0.5, 0.6) is 0 Å². The molecule has 1 N–H and O–H groups in total. The van der Waals surface area contributed by atoms with Gasteiger partial charge in [0.1, 0.15) is 12.1 Å². The summed E-state index contributed by atoms with van der Waals surface area (Å²) < 4.78 is 7.12. The van der Waals surface area contributed by atoms with Crippen LogP contribution in [0.25, 0.3) is 0 Å². The molecule has 8 heteroatoms. The Kier molecular flexibility index (Phi) is 10.8. The number of methoxy groups -OCH3 is 1. The Morgan fingerprint density at radius 1 is 0.702 bits per heavy atom. The normalized spacial score (nSPS) is 17.1. The summed E-state index contributed by atoms with van der Waals surface area (Å²) in [6.45, 7) is 15.5. The minimum atomic E-state index is -0.788. The van der Waals surface area contributed by atoms with Crippen LogP contribution in [-0.2, 0) is 40.5 Å². The monoisotopic (exact) mass is 760 g/mol. The minimum Gasteiger partial charge on any atom is -0.480 e. The Hall–Kier alpha value is -3.30. The first-order chi connectivity index (χ1) is 22.3. The van der Waals surface area contributed by atoms with E-state index in [1.165, 1.54) is 57.2 Å². The smallest absolute Gasteiger partial charge is 0.327 e. The Balaban J connectivity index is 0.000000185. The van der Waals surface area contributed by atoms with Gasteiger partial charge in [0.05, 0.1) is 7.11 Å². The molecule has 47 heavy (non-hydrogen) atoms. The maximum atomic E-state index is 12.4. The van der Waals surface area contributed by atoms with E-state index in [1.54, 1.807) is 0 Å². The molecule has 6 nitrogen and oxygen atoms in total. The second-order valence-electron chi connectivity index (χ2n) is 12.8. The fourth-order valence-electron chi connectivity index (χ4n) is 7.27. The lowest BCUT2D eigenvalue weighted by atomic mass is 9.99. The number of rotatable bonds is 6. The summed E-state index contributed by atoms with van der Waals surface area (Å²) in [6.07, 6.45) is 0. The zero-order valence-electron chi connectivity index (χ0n) is 28.1. The number of aliphatic carboxylic acids is 1. The summed E-state index contributed by atoms with van der Waals surface area (Å²) in [6, 6.07) is 19.6. The topological polar surface area (TPSA) is 70.1 Å². The zero-order valence-corrected chi connectivity index (χ0v) is 31.3. The third-order valence-corrected chi connectivity index (χ3v) is 10.9. The van der Waals surface area contributed by atoms with Crippen LogP contribution in [0.15, 0.2) is 69.6 Å². The zero-order chi connectivity index (χ0) is 34.2. The van der Waals surface area contributed by atoms with Crippen molar-refractivity contribution >= 4 is 43.8 Å². The van der Waals surface area contributed by atoms with Gasteiger partial charge in [-0.25, -0.2) is 4.79 Å². The molecule has 0 bridgehead atoms. The van der Waals surface area contributed by atoms with Crippen molar-refractivity contribution in [2.24, 2.45) is 0 Å². The standard InChI is InChI=1S/C20H22BrNO2.C19H20BrNO2/c1-12-8-13(2)16(14(3)9-12)10-22-11-17-15(6-5-7-18(17)21)19(22)20(23)24-4;1-11-7-12(2)15(13(3)8-11)9-21-10-16-14(18(21)19(22)23)5-4-6-17(16)20/h5-9,19H,10-11H2,1-4H3;4-8,18H,9-10H2,1-3H3,(H,22,23). The number of carboxylic acid groups (broad SMARTS) is 1. The molecule has 0 aromatic heterocycles. The van der Waals surface area contributed by atoms with E-state index in [0.717, 1.165) is 38.7 Å². The van der Waals surface area contributed by atoms with Gasteiger partial charge in [0.15, 0.2) is 0 Å². The maximum absolute atomic E-state index is 12.4. The highest BCUT2D eigenvalue weighted by Gasteiger charge is 2.38. The molecule has 2 atom stereocenters. The van der Waals surface area contributed by atoms with E-state index < -0.39 is 12.0 Å². The van der Waals surface area contributed by atoms with Gasteiger partial charge in [0.2, 0.25) is 0 Å². The van der Waals surface area contributed by atoms with Gasteiger partial charge in [-0.2, -0.15) is 0 Å². The van der Waals surface area contributed by atoms with Crippen LogP contribution >= 0.6 is 31.9 Å². The van der Waals surface area contributed by atoms with Crippen molar-refractivity contribution in [2.45, 2.75) is 79.8 Å². The predicted molar refractivity (Wildman–Crippen MR) is 193 cm³/mol. The summed E-state index contributed by atoms with van der Waals surface area (Å²) in [5, 5.41) is 9.73. The number of carboxylic acids is 1. The summed E-state index contributed by atoms with van der Waals surface area (Å²) in [7, 11) is 1.46. The first kappa shape index (κ1) is 35.0. The number of fused-ring (bicyclic) bond motifs is 2. The molecule has 2 heterocycles. The number of hydrogen-bond acceptors (Lipinski definition) is 5. The number of nitrogens with zero attached hydrogens (tertiary/aromatic N) is 2. The SMILES string of the molecule is COC(=O)C1c2cccc(Br)c2CN1Cc1c(C)cc(C)cc1C.Cc1cc(C)c(CN2Cc3c(Br)cccc3C2C(=O)O)c(C)c1.